The fourth-order valence-electron chi connectivity index (χ4n) is 1.18. The Hall–Kier alpha value is -1.19. The van der Waals surface area contributed by atoms with E-state index >= 15 is 0 Å². The molecule has 2 nitrogen and oxygen atoms in total. The van der Waals surface area contributed by atoms with Crippen molar-refractivity contribution in [3.8, 4) is 10.4 Å². The first-order valence-corrected chi connectivity index (χ1v) is 5.21. The standard InChI is InChI=1S/C10H6ClNOS/c11-8-3-1-2-7(4-8)10-9(5-13)12-6-14-10/h1-6H. The lowest BCUT2D eigenvalue weighted by Gasteiger charge is -1.97. The molecule has 0 fully saturated rings. The minimum Gasteiger partial charge on any atom is -0.296 e. The molecule has 0 unspecified atom stereocenters. The summed E-state index contributed by atoms with van der Waals surface area (Å²) in [6, 6.07) is 7.38. The number of benzene rings is 1. The molecule has 0 aliphatic heterocycles. The van der Waals surface area contributed by atoms with Crippen LogP contribution in [0.15, 0.2) is 29.8 Å². The van der Waals surface area contributed by atoms with Crippen molar-refractivity contribution in [3.63, 3.8) is 0 Å². The van der Waals surface area contributed by atoms with Crippen molar-refractivity contribution in [2.45, 2.75) is 0 Å². The Bertz CT molecular complexity index is 467. The second-order valence-corrected chi connectivity index (χ2v) is 3.99. The molecule has 1 aromatic heterocycles. The van der Waals surface area contributed by atoms with Crippen LogP contribution in [0.3, 0.4) is 0 Å². The third-order valence-corrected chi connectivity index (χ3v) is 2.92. The van der Waals surface area contributed by atoms with E-state index < -0.39 is 0 Å². The molecule has 0 atom stereocenters. The first-order chi connectivity index (χ1) is 6.81. The van der Waals surface area contributed by atoms with Crippen LogP contribution in [0.4, 0.5) is 0 Å². The van der Waals surface area contributed by atoms with Crippen molar-refractivity contribution in [2.24, 2.45) is 0 Å². The maximum absolute atomic E-state index is 10.7. The van der Waals surface area contributed by atoms with Crippen LogP contribution in [-0.4, -0.2) is 11.3 Å². The first kappa shape index (κ1) is 9.37. The molecule has 4 heteroatoms. The monoisotopic (exact) mass is 223 g/mol. The van der Waals surface area contributed by atoms with Crippen molar-refractivity contribution in [2.75, 3.05) is 0 Å². The summed E-state index contributed by atoms with van der Waals surface area (Å²) < 4.78 is 0. The van der Waals surface area contributed by atoms with E-state index in [2.05, 4.69) is 4.98 Å². The molecule has 0 radical (unpaired) electrons. The van der Waals surface area contributed by atoms with Crippen molar-refractivity contribution in [1.82, 2.24) is 4.98 Å². The number of carbonyl (C=O) groups excluding carboxylic acids is 1. The van der Waals surface area contributed by atoms with Gasteiger partial charge in [-0.05, 0) is 17.7 Å². The molecule has 1 aromatic carbocycles. The van der Waals surface area contributed by atoms with Gasteiger partial charge >= 0.3 is 0 Å². The van der Waals surface area contributed by atoms with Gasteiger partial charge in [-0.1, -0.05) is 23.7 Å². The molecule has 0 N–H and O–H groups in total. The fraction of sp³-hybridized carbons (Fsp3) is 0. The molecule has 0 aliphatic rings. The maximum atomic E-state index is 10.7. The summed E-state index contributed by atoms with van der Waals surface area (Å²) in [5.74, 6) is 0. The van der Waals surface area contributed by atoms with Crippen LogP contribution in [-0.2, 0) is 0 Å². The van der Waals surface area contributed by atoms with Gasteiger partial charge in [0.25, 0.3) is 0 Å². The Labute approximate surface area is 90.2 Å². The number of aromatic nitrogens is 1. The van der Waals surface area contributed by atoms with Crippen LogP contribution >= 0.6 is 22.9 Å². The average Bonchev–Trinajstić information content (AvgIpc) is 2.65. The molecule has 0 spiro atoms. The minimum absolute atomic E-state index is 0.470. The lowest BCUT2D eigenvalue weighted by Crippen LogP contribution is -1.82. The SMILES string of the molecule is O=Cc1ncsc1-c1cccc(Cl)c1. The maximum Gasteiger partial charge on any atom is 0.169 e. The van der Waals surface area contributed by atoms with Crippen molar-refractivity contribution >= 4 is 29.2 Å². The summed E-state index contributed by atoms with van der Waals surface area (Å²) in [5, 5.41) is 0.660. The molecule has 0 amide bonds. The van der Waals surface area contributed by atoms with E-state index in [1.165, 1.54) is 11.3 Å². The molecule has 0 aliphatic carbocycles. The normalized spacial score (nSPS) is 10.1. The number of hydrogen-bond acceptors (Lipinski definition) is 3. The second kappa shape index (κ2) is 3.90. The van der Waals surface area contributed by atoms with Crippen LogP contribution in [0.25, 0.3) is 10.4 Å². The van der Waals surface area contributed by atoms with Crippen LogP contribution in [0, 0.1) is 0 Å². The predicted molar refractivity (Wildman–Crippen MR) is 57.9 cm³/mol. The number of aldehydes is 1. The Morgan fingerprint density at radius 1 is 1.43 bits per heavy atom. The van der Waals surface area contributed by atoms with Gasteiger partial charge in [0.05, 0.1) is 10.4 Å². The summed E-state index contributed by atoms with van der Waals surface area (Å²) in [4.78, 5) is 15.5. The van der Waals surface area contributed by atoms with Gasteiger partial charge in [0.15, 0.2) is 6.29 Å². The largest absolute Gasteiger partial charge is 0.296 e. The van der Waals surface area contributed by atoms with Crippen LogP contribution in [0.1, 0.15) is 10.5 Å². The predicted octanol–water partition coefficient (Wildman–Crippen LogP) is 3.28. The molecule has 1 heterocycles. The van der Waals surface area contributed by atoms with Gasteiger partial charge in [-0.25, -0.2) is 4.98 Å². The zero-order chi connectivity index (χ0) is 9.97. The molecule has 70 valence electrons. The molecule has 2 aromatic rings. The number of nitrogens with zero attached hydrogens (tertiary/aromatic N) is 1. The summed E-state index contributed by atoms with van der Waals surface area (Å²) >= 11 is 7.29. The molecular formula is C10H6ClNOS. The summed E-state index contributed by atoms with van der Waals surface area (Å²) in [5.41, 5.74) is 3.05. The highest BCUT2D eigenvalue weighted by Crippen LogP contribution is 2.28. The van der Waals surface area contributed by atoms with E-state index in [4.69, 9.17) is 11.6 Å². The molecule has 0 saturated heterocycles. The average molecular weight is 224 g/mol. The van der Waals surface area contributed by atoms with Crippen LogP contribution in [0.2, 0.25) is 5.02 Å². The number of halogens is 1. The molecule has 2 rings (SSSR count). The second-order valence-electron chi connectivity index (χ2n) is 2.69. The highest BCUT2D eigenvalue weighted by molar-refractivity contribution is 7.13. The summed E-state index contributed by atoms with van der Waals surface area (Å²) in [6.07, 6.45) is 0.757. The minimum atomic E-state index is 0.470. The van der Waals surface area contributed by atoms with Gasteiger partial charge in [0, 0.05) is 5.02 Å². The van der Waals surface area contributed by atoms with E-state index in [1.54, 1.807) is 11.6 Å². The molecule has 14 heavy (non-hydrogen) atoms. The van der Waals surface area contributed by atoms with Gasteiger partial charge in [-0.2, -0.15) is 0 Å². The van der Waals surface area contributed by atoms with Gasteiger partial charge in [-0.3, -0.25) is 4.79 Å². The quantitative estimate of drug-likeness (QED) is 0.732. The third-order valence-electron chi connectivity index (χ3n) is 1.79. The van der Waals surface area contributed by atoms with Gasteiger partial charge in [-0.15, -0.1) is 11.3 Å². The van der Waals surface area contributed by atoms with Crippen LogP contribution in [0.5, 0.6) is 0 Å². The molecule has 0 saturated carbocycles. The van der Waals surface area contributed by atoms with Crippen LogP contribution < -0.4 is 0 Å². The number of carbonyl (C=O) groups is 1. The van der Waals surface area contributed by atoms with Crippen molar-refractivity contribution in [1.29, 1.82) is 0 Å². The number of rotatable bonds is 2. The highest BCUT2D eigenvalue weighted by Gasteiger charge is 2.07. The van der Waals surface area contributed by atoms with Gasteiger partial charge < -0.3 is 0 Å². The Morgan fingerprint density at radius 2 is 2.29 bits per heavy atom. The number of thiazole rings is 1. The fourth-order valence-corrected chi connectivity index (χ4v) is 2.13. The van der Waals surface area contributed by atoms with Gasteiger partial charge in [0.2, 0.25) is 0 Å². The third kappa shape index (κ3) is 1.69. The van der Waals surface area contributed by atoms with Crippen molar-refractivity contribution in [3.05, 3.63) is 40.5 Å². The Morgan fingerprint density at radius 3 is 3.00 bits per heavy atom. The smallest absolute Gasteiger partial charge is 0.169 e. The highest BCUT2D eigenvalue weighted by atomic mass is 35.5. The Balaban J connectivity index is 2.54. The van der Waals surface area contributed by atoms with E-state index in [0.29, 0.717) is 10.7 Å². The van der Waals surface area contributed by atoms with E-state index in [0.717, 1.165) is 16.7 Å². The molecule has 0 bridgehead atoms. The Kier molecular flexibility index (Phi) is 2.61. The zero-order valence-corrected chi connectivity index (χ0v) is 8.68. The summed E-state index contributed by atoms with van der Waals surface area (Å²) in [6.45, 7) is 0. The first-order valence-electron chi connectivity index (χ1n) is 3.96. The zero-order valence-electron chi connectivity index (χ0n) is 7.11. The van der Waals surface area contributed by atoms with E-state index in [-0.39, 0.29) is 0 Å². The van der Waals surface area contributed by atoms with Crippen molar-refractivity contribution < 1.29 is 4.79 Å². The summed E-state index contributed by atoms with van der Waals surface area (Å²) in [7, 11) is 0. The topological polar surface area (TPSA) is 30.0 Å². The van der Waals surface area contributed by atoms with E-state index in [1.807, 2.05) is 18.2 Å². The lowest BCUT2D eigenvalue weighted by molar-refractivity contribution is 0.112. The molecular weight excluding hydrogens is 218 g/mol. The lowest BCUT2D eigenvalue weighted by atomic mass is 10.2. The number of hydrogen-bond donors (Lipinski definition) is 0. The van der Waals surface area contributed by atoms with E-state index in [9.17, 15) is 4.79 Å². The van der Waals surface area contributed by atoms with Gasteiger partial charge in [0.1, 0.15) is 5.69 Å².